The summed E-state index contributed by atoms with van der Waals surface area (Å²) in [6.45, 7) is 2.75. The van der Waals surface area contributed by atoms with E-state index in [0.717, 1.165) is 0 Å². The van der Waals surface area contributed by atoms with Crippen molar-refractivity contribution in [1.82, 2.24) is 4.98 Å². The van der Waals surface area contributed by atoms with Gasteiger partial charge in [-0.15, -0.1) is 0 Å². The number of hydrogen-bond acceptors (Lipinski definition) is 1. The minimum atomic E-state index is 0.302. The lowest BCUT2D eigenvalue weighted by Gasteiger charge is -2.14. The van der Waals surface area contributed by atoms with E-state index in [2.05, 4.69) is 42.2 Å². The third kappa shape index (κ3) is 2.10. The molecule has 78 valence electrons. The molecule has 2 rings (SSSR count). The second-order valence-electron chi connectivity index (χ2n) is 3.85. The van der Waals surface area contributed by atoms with E-state index in [0.29, 0.717) is 12.5 Å². The lowest BCUT2D eigenvalue weighted by molar-refractivity contribution is 0.819. The van der Waals surface area contributed by atoms with E-state index in [1.807, 2.05) is 12.4 Å². The standard InChI is InChI=1S/C13H16N2/c1-10-3-2-4-11(7-10)13(8-14)12-5-6-15-9-12/h2-7,9,13,15H,8,14H2,1H3. The van der Waals surface area contributed by atoms with Crippen LogP contribution in [0.2, 0.25) is 0 Å². The highest BCUT2D eigenvalue weighted by atomic mass is 14.6. The number of aryl methyl sites for hydroxylation is 1. The molecule has 2 heteroatoms. The molecule has 0 bridgehead atoms. The van der Waals surface area contributed by atoms with Gasteiger partial charge in [0.25, 0.3) is 0 Å². The summed E-state index contributed by atoms with van der Waals surface area (Å²) in [6, 6.07) is 10.6. The van der Waals surface area contributed by atoms with Gasteiger partial charge in [0, 0.05) is 24.9 Å². The fourth-order valence-electron chi connectivity index (χ4n) is 1.91. The summed E-state index contributed by atoms with van der Waals surface area (Å²) in [4.78, 5) is 3.07. The predicted octanol–water partition coefficient (Wildman–Crippen LogP) is 2.41. The Hall–Kier alpha value is -1.54. The number of nitrogens with one attached hydrogen (secondary N) is 1. The number of rotatable bonds is 3. The zero-order valence-corrected chi connectivity index (χ0v) is 8.90. The van der Waals surface area contributed by atoms with E-state index in [1.54, 1.807) is 0 Å². The number of benzene rings is 1. The van der Waals surface area contributed by atoms with Crippen LogP contribution in [0, 0.1) is 6.92 Å². The Kier molecular flexibility index (Phi) is 2.88. The van der Waals surface area contributed by atoms with Gasteiger partial charge in [-0.25, -0.2) is 0 Å². The molecule has 0 aliphatic carbocycles. The fourth-order valence-corrected chi connectivity index (χ4v) is 1.91. The molecule has 0 amide bonds. The molecule has 0 fully saturated rings. The molecule has 2 nitrogen and oxygen atoms in total. The third-order valence-electron chi connectivity index (χ3n) is 2.70. The Morgan fingerprint density at radius 2 is 2.13 bits per heavy atom. The molecule has 1 heterocycles. The summed E-state index contributed by atoms with van der Waals surface area (Å²) in [7, 11) is 0. The quantitative estimate of drug-likeness (QED) is 0.785. The van der Waals surface area contributed by atoms with Gasteiger partial charge in [0.1, 0.15) is 0 Å². The summed E-state index contributed by atoms with van der Waals surface area (Å²) in [5, 5.41) is 0. The van der Waals surface area contributed by atoms with Crippen molar-refractivity contribution in [2.45, 2.75) is 12.8 Å². The molecular weight excluding hydrogens is 184 g/mol. The Balaban J connectivity index is 2.35. The first-order valence-electron chi connectivity index (χ1n) is 5.20. The maximum atomic E-state index is 5.83. The molecule has 1 atom stereocenters. The van der Waals surface area contributed by atoms with Crippen molar-refractivity contribution in [3.05, 3.63) is 59.4 Å². The van der Waals surface area contributed by atoms with Crippen molar-refractivity contribution in [2.75, 3.05) is 6.54 Å². The SMILES string of the molecule is Cc1cccc(C(CN)c2cc[nH]c2)c1. The maximum Gasteiger partial charge on any atom is 0.0227 e. The fraction of sp³-hybridized carbons (Fsp3) is 0.231. The smallest absolute Gasteiger partial charge is 0.0227 e. The van der Waals surface area contributed by atoms with Crippen LogP contribution in [-0.2, 0) is 0 Å². The largest absolute Gasteiger partial charge is 0.367 e. The highest BCUT2D eigenvalue weighted by Gasteiger charge is 2.12. The van der Waals surface area contributed by atoms with E-state index in [1.165, 1.54) is 16.7 Å². The van der Waals surface area contributed by atoms with Crippen LogP contribution in [0.3, 0.4) is 0 Å². The zero-order valence-electron chi connectivity index (χ0n) is 8.90. The van der Waals surface area contributed by atoms with Gasteiger partial charge in [-0.05, 0) is 24.1 Å². The van der Waals surface area contributed by atoms with Crippen LogP contribution in [0.4, 0.5) is 0 Å². The van der Waals surface area contributed by atoms with Crippen LogP contribution in [0.25, 0.3) is 0 Å². The highest BCUT2D eigenvalue weighted by Crippen LogP contribution is 2.23. The first kappa shape index (κ1) is 9.99. The topological polar surface area (TPSA) is 41.8 Å². The molecule has 0 saturated carbocycles. The third-order valence-corrected chi connectivity index (χ3v) is 2.70. The van der Waals surface area contributed by atoms with Crippen molar-refractivity contribution in [3.63, 3.8) is 0 Å². The summed E-state index contributed by atoms with van der Waals surface area (Å²) in [6.07, 6.45) is 3.95. The lowest BCUT2D eigenvalue weighted by Crippen LogP contribution is -2.13. The Labute approximate surface area is 90.1 Å². The summed E-state index contributed by atoms with van der Waals surface area (Å²) >= 11 is 0. The molecule has 1 aromatic carbocycles. The van der Waals surface area contributed by atoms with Gasteiger partial charge >= 0.3 is 0 Å². The van der Waals surface area contributed by atoms with Gasteiger partial charge in [0.15, 0.2) is 0 Å². The van der Waals surface area contributed by atoms with Crippen LogP contribution < -0.4 is 5.73 Å². The summed E-state index contributed by atoms with van der Waals surface area (Å²) in [5.74, 6) is 0.302. The number of nitrogens with two attached hydrogens (primary N) is 1. The molecule has 15 heavy (non-hydrogen) atoms. The highest BCUT2D eigenvalue weighted by molar-refractivity contribution is 5.33. The van der Waals surface area contributed by atoms with Crippen molar-refractivity contribution in [1.29, 1.82) is 0 Å². The minimum Gasteiger partial charge on any atom is -0.367 e. The van der Waals surface area contributed by atoms with Gasteiger partial charge < -0.3 is 10.7 Å². The molecule has 1 unspecified atom stereocenters. The van der Waals surface area contributed by atoms with Gasteiger partial charge in [-0.1, -0.05) is 29.8 Å². The van der Waals surface area contributed by atoms with Crippen LogP contribution in [0.1, 0.15) is 22.6 Å². The lowest BCUT2D eigenvalue weighted by atomic mass is 9.92. The molecule has 0 spiro atoms. The van der Waals surface area contributed by atoms with E-state index in [9.17, 15) is 0 Å². The first-order chi connectivity index (χ1) is 7.31. The molecule has 0 aliphatic rings. The Morgan fingerprint density at radius 3 is 2.73 bits per heavy atom. The Morgan fingerprint density at radius 1 is 1.27 bits per heavy atom. The monoisotopic (exact) mass is 200 g/mol. The molecule has 3 N–H and O–H groups in total. The molecule has 0 radical (unpaired) electrons. The van der Waals surface area contributed by atoms with Crippen molar-refractivity contribution < 1.29 is 0 Å². The number of aromatic amines is 1. The van der Waals surface area contributed by atoms with Gasteiger partial charge in [0.05, 0.1) is 0 Å². The van der Waals surface area contributed by atoms with E-state index in [-0.39, 0.29) is 0 Å². The maximum absolute atomic E-state index is 5.83. The summed E-state index contributed by atoms with van der Waals surface area (Å²) in [5.41, 5.74) is 9.65. The van der Waals surface area contributed by atoms with Crippen LogP contribution in [0.5, 0.6) is 0 Å². The Bertz CT molecular complexity index is 418. The normalized spacial score (nSPS) is 12.7. The number of hydrogen-bond donors (Lipinski definition) is 2. The van der Waals surface area contributed by atoms with Gasteiger partial charge in [-0.3, -0.25) is 0 Å². The summed E-state index contributed by atoms with van der Waals surface area (Å²) < 4.78 is 0. The molecule has 2 aromatic rings. The molecule has 0 saturated heterocycles. The van der Waals surface area contributed by atoms with Gasteiger partial charge in [0.2, 0.25) is 0 Å². The van der Waals surface area contributed by atoms with E-state index in [4.69, 9.17) is 5.73 Å². The van der Waals surface area contributed by atoms with Crippen LogP contribution >= 0.6 is 0 Å². The van der Waals surface area contributed by atoms with Crippen molar-refractivity contribution >= 4 is 0 Å². The van der Waals surface area contributed by atoms with Crippen molar-refractivity contribution in [2.24, 2.45) is 5.73 Å². The average Bonchev–Trinajstić information content (AvgIpc) is 2.72. The zero-order chi connectivity index (χ0) is 10.7. The second-order valence-corrected chi connectivity index (χ2v) is 3.85. The number of H-pyrrole nitrogens is 1. The van der Waals surface area contributed by atoms with Crippen LogP contribution in [0.15, 0.2) is 42.7 Å². The van der Waals surface area contributed by atoms with E-state index >= 15 is 0 Å². The van der Waals surface area contributed by atoms with E-state index < -0.39 is 0 Å². The second kappa shape index (κ2) is 4.32. The predicted molar refractivity (Wildman–Crippen MR) is 62.9 cm³/mol. The molecule has 1 aromatic heterocycles. The van der Waals surface area contributed by atoms with Crippen LogP contribution in [-0.4, -0.2) is 11.5 Å². The number of aromatic nitrogens is 1. The molecule has 0 aliphatic heterocycles. The average molecular weight is 200 g/mol. The van der Waals surface area contributed by atoms with Crippen molar-refractivity contribution in [3.8, 4) is 0 Å². The molecular formula is C13H16N2. The van der Waals surface area contributed by atoms with Gasteiger partial charge in [-0.2, -0.15) is 0 Å². The first-order valence-corrected chi connectivity index (χ1v) is 5.20. The minimum absolute atomic E-state index is 0.302.